The highest BCUT2D eigenvalue weighted by molar-refractivity contribution is 6.31. The van der Waals surface area contributed by atoms with Crippen LogP contribution in [0, 0.1) is 20.2 Å². The number of halogens is 1. The van der Waals surface area contributed by atoms with Crippen molar-refractivity contribution in [2.45, 2.75) is 6.54 Å². The summed E-state index contributed by atoms with van der Waals surface area (Å²) in [4.78, 5) is 37.6. The molecule has 1 heterocycles. The van der Waals surface area contributed by atoms with Crippen molar-refractivity contribution < 1.29 is 14.6 Å². The first-order valence-electron chi connectivity index (χ1n) is 8.54. The van der Waals surface area contributed by atoms with Crippen molar-refractivity contribution in [3.05, 3.63) is 78.8 Å². The summed E-state index contributed by atoms with van der Waals surface area (Å²) in [6.07, 6.45) is 0. The Kier molecular flexibility index (Phi) is 5.86. The van der Waals surface area contributed by atoms with Crippen LogP contribution in [0.15, 0.2) is 42.5 Å². The van der Waals surface area contributed by atoms with E-state index >= 15 is 0 Å². The zero-order valence-electron chi connectivity index (χ0n) is 14.8. The second-order valence-electron chi connectivity index (χ2n) is 6.37. The molecule has 0 radical (unpaired) electrons. The van der Waals surface area contributed by atoms with Crippen LogP contribution in [0.5, 0.6) is 0 Å². The van der Waals surface area contributed by atoms with E-state index in [4.69, 9.17) is 11.6 Å². The monoisotopic (exact) mass is 404 g/mol. The first-order valence-corrected chi connectivity index (χ1v) is 8.92. The smallest absolute Gasteiger partial charge is 0.282 e. The van der Waals surface area contributed by atoms with E-state index in [1.807, 2.05) is 4.90 Å². The molecule has 2 aromatic rings. The Morgan fingerprint density at radius 3 is 2.25 bits per heavy atom. The van der Waals surface area contributed by atoms with Gasteiger partial charge in [-0.15, -0.1) is 0 Å². The van der Waals surface area contributed by atoms with Crippen LogP contribution in [0.4, 0.5) is 11.4 Å². The van der Waals surface area contributed by atoms with Gasteiger partial charge in [-0.25, -0.2) is 0 Å². The molecule has 2 aromatic carbocycles. The normalized spacial score (nSPS) is 14.7. The molecule has 0 unspecified atom stereocenters. The predicted molar refractivity (Wildman–Crippen MR) is 102 cm³/mol. The van der Waals surface area contributed by atoms with Gasteiger partial charge < -0.3 is 4.90 Å². The van der Waals surface area contributed by atoms with E-state index in [-0.39, 0.29) is 22.0 Å². The summed E-state index contributed by atoms with van der Waals surface area (Å²) in [5.74, 6) is -0.445. The number of nitro groups is 2. The fraction of sp³-hybridized carbons (Fsp3) is 0.278. The molecule has 1 aliphatic heterocycles. The number of piperazine rings is 1. The number of carbonyl (C=O) groups is 1. The maximum atomic E-state index is 12.7. The van der Waals surface area contributed by atoms with Gasteiger partial charge in [-0.1, -0.05) is 29.8 Å². The van der Waals surface area contributed by atoms with Crippen molar-refractivity contribution >= 4 is 28.9 Å². The quantitative estimate of drug-likeness (QED) is 0.559. The highest BCUT2D eigenvalue weighted by Crippen LogP contribution is 2.25. The molecule has 0 aromatic heterocycles. The molecule has 1 fully saturated rings. The molecule has 10 heteroatoms. The summed E-state index contributed by atoms with van der Waals surface area (Å²) in [5.41, 5.74) is 0.356. The lowest BCUT2D eigenvalue weighted by Crippen LogP contribution is -2.48. The molecule has 0 aliphatic carbocycles. The van der Waals surface area contributed by atoms with Crippen LogP contribution in [0.25, 0.3) is 0 Å². The Bertz CT molecular complexity index is 928. The van der Waals surface area contributed by atoms with Crippen LogP contribution in [0.3, 0.4) is 0 Å². The van der Waals surface area contributed by atoms with Gasteiger partial charge in [0.25, 0.3) is 17.3 Å². The lowest BCUT2D eigenvalue weighted by Gasteiger charge is -2.34. The molecule has 0 atom stereocenters. The summed E-state index contributed by atoms with van der Waals surface area (Å²) in [7, 11) is 0. The number of para-hydroxylation sites is 1. The Hall–Kier alpha value is -3.04. The number of benzene rings is 2. The molecular formula is C18H17ClN4O5. The number of nitro benzene ring substituents is 2. The van der Waals surface area contributed by atoms with Gasteiger partial charge in [-0.05, 0) is 12.1 Å². The Morgan fingerprint density at radius 1 is 0.964 bits per heavy atom. The number of rotatable bonds is 5. The van der Waals surface area contributed by atoms with E-state index in [1.54, 1.807) is 18.2 Å². The maximum absolute atomic E-state index is 12.7. The minimum atomic E-state index is -0.603. The van der Waals surface area contributed by atoms with Gasteiger partial charge in [-0.2, -0.15) is 0 Å². The SMILES string of the molecule is O=C(c1cc(Cl)ccc1[N+](=O)[O-])N1CCN(Cc2ccccc2[N+](=O)[O-])CC1. The van der Waals surface area contributed by atoms with Crippen molar-refractivity contribution in [2.24, 2.45) is 0 Å². The van der Waals surface area contributed by atoms with Crippen molar-refractivity contribution in [3.8, 4) is 0 Å². The van der Waals surface area contributed by atoms with Gasteiger partial charge in [0.15, 0.2) is 0 Å². The molecule has 28 heavy (non-hydrogen) atoms. The minimum Gasteiger partial charge on any atom is -0.336 e. The third kappa shape index (κ3) is 4.26. The average Bonchev–Trinajstić information content (AvgIpc) is 2.68. The molecule has 1 aliphatic rings. The fourth-order valence-corrected chi connectivity index (χ4v) is 3.35. The summed E-state index contributed by atoms with van der Waals surface area (Å²) in [5, 5.41) is 22.6. The lowest BCUT2D eigenvalue weighted by molar-refractivity contribution is -0.385. The number of hydrogen-bond acceptors (Lipinski definition) is 6. The third-order valence-electron chi connectivity index (χ3n) is 4.63. The standard InChI is InChI=1S/C18H17ClN4O5/c19-14-5-6-17(23(27)28)15(11-14)18(24)21-9-7-20(8-10-21)12-13-3-1-2-4-16(13)22(25)26/h1-6,11H,7-10,12H2. The van der Waals surface area contributed by atoms with E-state index in [1.165, 1.54) is 29.2 Å². The van der Waals surface area contributed by atoms with Crippen molar-refractivity contribution in [2.75, 3.05) is 26.2 Å². The highest BCUT2D eigenvalue weighted by atomic mass is 35.5. The molecule has 1 amide bonds. The second kappa shape index (κ2) is 8.32. The van der Waals surface area contributed by atoms with Crippen LogP contribution >= 0.6 is 11.6 Å². The molecule has 3 rings (SSSR count). The summed E-state index contributed by atoms with van der Waals surface area (Å²) < 4.78 is 0. The van der Waals surface area contributed by atoms with Crippen LogP contribution in [-0.4, -0.2) is 51.7 Å². The molecule has 9 nitrogen and oxygen atoms in total. The predicted octanol–water partition coefficient (Wildman–Crippen LogP) is 3.11. The van der Waals surface area contributed by atoms with Gasteiger partial charge in [0, 0.05) is 55.4 Å². The number of hydrogen-bond donors (Lipinski definition) is 0. The first kappa shape index (κ1) is 19.7. The van der Waals surface area contributed by atoms with E-state index in [0.29, 0.717) is 38.3 Å². The Morgan fingerprint density at radius 2 is 1.61 bits per heavy atom. The molecule has 0 bridgehead atoms. The van der Waals surface area contributed by atoms with Gasteiger partial charge >= 0.3 is 0 Å². The van der Waals surface area contributed by atoms with Gasteiger partial charge in [0.2, 0.25) is 0 Å². The van der Waals surface area contributed by atoms with Crippen LogP contribution in [0.2, 0.25) is 5.02 Å². The van der Waals surface area contributed by atoms with Gasteiger partial charge in [0.1, 0.15) is 5.56 Å². The molecule has 1 saturated heterocycles. The van der Waals surface area contributed by atoms with E-state index < -0.39 is 15.8 Å². The second-order valence-corrected chi connectivity index (χ2v) is 6.81. The largest absolute Gasteiger partial charge is 0.336 e. The Balaban J connectivity index is 1.68. The van der Waals surface area contributed by atoms with Crippen molar-refractivity contribution in [3.63, 3.8) is 0 Å². The highest BCUT2D eigenvalue weighted by Gasteiger charge is 2.28. The minimum absolute atomic E-state index is 0.0374. The van der Waals surface area contributed by atoms with E-state index in [0.717, 1.165) is 0 Å². The third-order valence-corrected chi connectivity index (χ3v) is 4.86. The van der Waals surface area contributed by atoms with E-state index in [2.05, 4.69) is 0 Å². The zero-order valence-corrected chi connectivity index (χ0v) is 15.5. The molecule has 0 saturated carbocycles. The van der Waals surface area contributed by atoms with Crippen LogP contribution in [-0.2, 0) is 6.54 Å². The van der Waals surface area contributed by atoms with Crippen LogP contribution < -0.4 is 0 Å². The van der Waals surface area contributed by atoms with Crippen molar-refractivity contribution in [1.29, 1.82) is 0 Å². The summed E-state index contributed by atoms with van der Waals surface area (Å²) in [6, 6.07) is 10.5. The zero-order chi connectivity index (χ0) is 20.3. The number of nitrogens with zero attached hydrogens (tertiary/aromatic N) is 4. The summed E-state index contributed by atoms with van der Waals surface area (Å²) in [6.45, 7) is 2.14. The fourth-order valence-electron chi connectivity index (χ4n) is 3.18. The van der Waals surface area contributed by atoms with E-state index in [9.17, 15) is 25.0 Å². The molecule has 0 N–H and O–H groups in total. The van der Waals surface area contributed by atoms with Crippen molar-refractivity contribution in [1.82, 2.24) is 9.80 Å². The van der Waals surface area contributed by atoms with Gasteiger partial charge in [-0.3, -0.25) is 29.9 Å². The average molecular weight is 405 g/mol. The first-order chi connectivity index (χ1) is 13.4. The molecule has 0 spiro atoms. The van der Waals surface area contributed by atoms with Gasteiger partial charge in [0.05, 0.1) is 9.85 Å². The molecule has 146 valence electrons. The lowest BCUT2D eigenvalue weighted by atomic mass is 10.1. The summed E-state index contributed by atoms with van der Waals surface area (Å²) >= 11 is 5.90. The Labute approximate surface area is 165 Å². The maximum Gasteiger partial charge on any atom is 0.282 e. The molecular weight excluding hydrogens is 388 g/mol. The van der Waals surface area contributed by atoms with Crippen LogP contribution in [0.1, 0.15) is 15.9 Å². The number of carbonyl (C=O) groups excluding carboxylic acids is 1. The topological polar surface area (TPSA) is 110 Å². The number of amides is 1.